The van der Waals surface area contributed by atoms with Gasteiger partial charge in [-0.05, 0) is 61.7 Å². The molecule has 0 unspecified atom stereocenters. The Bertz CT molecular complexity index is 915. The second-order valence-corrected chi connectivity index (χ2v) is 7.35. The summed E-state index contributed by atoms with van der Waals surface area (Å²) in [6, 6.07) is 11.9. The van der Waals surface area contributed by atoms with Crippen molar-refractivity contribution < 1.29 is 24.7 Å². The fourth-order valence-corrected chi connectivity index (χ4v) is 2.96. The number of aliphatic hydroxyl groups excluding tert-OH is 1. The number of aliphatic hydroxyl groups is 1. The highest BCUT2D eigenvalue weighted by atomic mass is 16.5. The number of benzene rings is 2. The van der Waals surface area contributed by atoms with Crippen LogP contribution in [0.3, 0.4) is 0 Å². The number of rotatable bonds is 10. The highest BCUT2D eigenvalue weighted by molar-refractivity contribution is 5.98. The summed E-state index contributed by atoms with van der Waals surface area (Å²) in [5.74, 6) is -1.76. The van der Waals surface area contributed by atoms with Crippen LogP contribution in [0.1, 0.15) is 30.1 Å². The molecule has 3 amide bonds. The van der Waals surface area contributed by atoms with Crippen LogP contribution in [0.15, 0.2) is 48.5 Å². The molecule has 9 N–H and O–H groups in total. The largest absolute Gasteiger partial charge is 0.391 e. The summed E-state index contributed by atoms with van der Waals surface area (Å²) < 4.78 is 0. The topological polar surface area (TPSA) is 180 Å². The van der Waals surface area contributed by atoms with E-state index in [4.69, 9.17) is 16.7 Å². The van der Waals surface area contributed by atoms with Crippen LogP contribution in [0.25, 0.3) is 11.1 Å². The van der Waals surface area contributed by atoms with E-state index < -0.39 is 30.0 Å². The molecule has 10 heteroatoms. The number of hydrogen-bond acceptors (Lipinski definition) is 7. The molecular weight excluding hydrogens is 414 g/mol. The Morgan fingerprint density at radius 2 is 1.53 bits per heavy atom. The highest BCUT2D eigenvalue weighted by Crippen LogP contribution is 2.22. The van der Waals surface area contributed by atoms with Gasteiger partial charge in [-0.25, -0.2) is 5.48 Å². The molecule has 0 aliphatic carbocycles. The number of hydrogen-bond donors (Lipinski definition) is 7. The van der Waals surface area contributed by atoms with Crippen molar-refractivity contribution in [1.29, 1.82) is 0 Å². The first-order valence-corrected chi connectivity index (χ1v) is 10.2. The van der Waals surface area contributed by atoms with E-state index in [-0.39, 0.29) is 11.5 Å². The van der Waals surface area contributed by atoms with Crippen molar-refractivity contribution in [3.63, 3.8) is 0 Å². The maximum Gasteiger partial charge on any atom is 0.268 e. The van der Waals surface area contributed by atoms with Gasteiger partial charge in [-0.1, -0.05) is 24.3 Å². The number of carbonyl (C=O) groups is 3. The van der Waals surface area contributed by atoms with Gasteiger partial charge in [0.15, 0.2) is 0 Å². The lowest BCUT2D eigenvalue weighted by atomic mass is 10.0. The smallest absolute Gasteiger partial charge is 0.268 e. The van der Waals surface area contributed by atoms with Gasteiger partial charge >= 0.3 is 0 Å². The Kier molecular flexibility index (Phi) is 9.29. The summed E-state index contributed by atoms with van der Waals surface area (Å²) in [6.07, 6.45) is -0.00154. The third-order valence-corrected chi connectivity index (χ3v) is 4.85. The average Bonchev–Trinajstić information content (AvgIpc) is 2.80. The first kappa shape index (κ1) is 25.0. The summed E-state index contributed by atoms with van der Waals surface area (Å²) >= 11 is 0. The Labute approximate surface area is 185 Å². The lowest BCUT2D eigenvalue weighted by Crippen LogP contribution is -2.51. The molecule has 0 fully saturated rings. The van der Waals surface area contributed by atoms with Crippen molar-refractivity contribution >= 4 is 23.4 Å². The van der Waals surface area contributed by atoms with Gasteiger partial charge in [-0.2, -0.15) is 0 Å². The third-order valence-electron chi connectivity index (χ3n) is 4.85. The van der Waals surface area contributed by atoms with Gasteiger partial charge in [-0.15, -0.1) is 0 Å². The Morgan fingerprint density at radius 1 is 0.969 bits per heavy atom. The number of hydroxylamine groups is 1. The minimum Gasteiger partial charge on any atom is -0.391 e. The van der Waals surface area contributed by atoms with Gasteiger partial charge in [0.25, 0.3) is 11.8 Å². The monoisotopic (exact) mass is 443 g/mol. The minimum atomic E-state index is -1.29. The van der Waals surface area contributed by atoms with Crippen LogP contribution < -0.4 is 27.6 Å². The van der Waals surface area contributed by atoms with Gasteiger partial charge in [-0.3, -0.25) is 19.6 Å². The molecule has 0 saturated heterocycles. The van der Waals surface area contributed by atoms with Crippen molar-refractivity contribution in [3.8, 4) is 11.1 Å². The minimum absolute atomic E-state index is 0.271. The molecule has 0 aliphatic rings. The lowest BCUT2D eigenvalue weighted by molar-refractivity contribution is -0.133. The van der Waals surface area contributed by atoms with E-state index in [1.165, 1.54) is 12.4 Å². The van der Waals surface area contributed by atoms with Gasteiger partial charge in [0.05, 0.1) is 12.1 Å². The van der Waals surface area contributed by atoms with Gasteiger partial charge < -0.3 is 27.2 Å². The van der Waals surface area contributed by atoms with E-state index in [1.54, 1.807) is 36.4 Å². The number of anilines is 1. The average molecular weight is 444 g/mol. The van der Waals surface area contributed by atoms with Crippen LogP contribution in [0.2, 0.25) is 0 Å². The molecule has 0 bridgehead atoms. The van der Waals surface area contributed by atoms with Gasteiger partial charge in [0.1, 0.15) is 6.04 Å². The van der Waals surface area contributed by atoms with E-state index >= 15 is 0 Å². The van der Waals surface area contributed by atoms with Crippen molar-refractivity contribution in [2.45, 2.75) is 38.0 Å². The molecule has 0 radical (unpaired) electrons. The molecule has 0 aromatic heterocycles. The molecule has 2 aromatic rings. The quantitative estimate of drug-likeness (QED) is 0.204. The van der Waals surface area contributed by atoms with Crippen molar-refractivity contribution in [2.24, 2.45) is 11.5 Å². The lowest BCUT2D eigenvalue weighted by Gasteiger charge is -2.19. The van der Waals surface area contributed by atoms with E-state index in [1.807, 2.05) is 12.1 Å². The molecule has 2 aromatic carbocycles. The Morgan fingerprint density at radius 3 is 2.03 bits per heavy atom. The fraction of sp³-hybridized carbons (Fsp3) is 0.318. The van der Waals surface area contributed by atoms with Crippen LogP contribution >= 0.6 is 0 Å². The SMILES string of the molecule is C[C@@H](O)[C@H](NC(=O)c1ccc(-c2ccc(NC(=O)[C@@H](N)CCCN)cc2)cc1)C(=O)NO. The first-order chi connectivity index (χ1) is 15.3. The standard InChI is InChI=1S/C22H29N5O5/c1-13(28)19(22(31)27-32)26-20(29)16-6-4-14(5-7-16)15-8-10-17(11-9-15)25-21(30)18(24)3-2-12-23/h4-11,13,18-19,28,32H,2-3,12,23-24H2,1H3,(H,25,30)(H,26,29)(H,27,31)/t13-,18+,19+/m1/s1. The van der Waals surface area contributed by atoms with E-state index in [0.29, 0.717) is 25.1 Å². The van der Waals surface area contributed by atoms with Crippen molar-refractivity contribution in [3.05, 3.63) is 54.1 Å². The van der Waals surface area contributed by atoms with Crippen molar-refractivity contribution in [1.82, 2.24) is 10.8 Å². The molecule has 3 atom stereocenters. The normalized spacial score (nSPS) is 13.5. The second-order valence-electron chi connectivity index (χ2n) is 7.35. The van der Waals surface area contributed by atoms with Crippen LogP contribution in [-0.4, -0.2) is 52.8 Å². The molecule has 0 aliphatic heterocycles. The molecule has 0 heterocycles. The number of nitrogens with two attached hydrogens (primary N) is 2. The number of nitrogens with one attached hydrogen (secondary N) is 3. The summed E-state index contributed by atoms with van der Waals surface area (Å²) in [6.45, 7) is 1.80. The summed E-state index contributed by atoms with van der Waals surface area (Å²) in [4.78, 5) is 36.0. The Balaban J connectivity index is 2.02. The van der Waals surface area contributed by atoms with Crippen molar-refractivity contribution in [2.75, 3.05) is 11.9 Å². The predicted octanol–water partition coefficient (Wildman–Crippen LogP) is 0.343. The molecule has 32 heavy (non-hydrogen) atoms. The maximum atomic E-state index is 12.4. The third kappa shape index (κ3) is 6.86. The zero-order chi connectivity index (χ0) is 23.7. The van der Waals surface area contributed by atoms with Crippen LogP contribution in [-0.2, 0) is 9.59 Å². The molecule has 2 rings (SSSR count). The predicted molar refractivity (Wildman–Crippen MR) is 120 cm³/mol. The molecule has 172 valence electrons. The van der Waals surface area contributed by atoms with E-state index in [0.717, 1.165) is 11.1 Å². The molecular formula is C22H29N5O5. The zero-order valence-corrected chi connectivity index (χ0v) is 17.7. The number of carbonyl (C=O) groups excluding carboxylic acids is 3. The number of amides is 3. The second kappa shape index (κ2) is 11.9. The van der Waals surface area contributed by atoms with Crippen LogP contribution in [0, 0.1) is 0 Å². The molecule has 10 nitrogen and oxygen atoms in total. The van der Waals surface area contributed by atoms with Crippen LogP contribution in [0.5, 0.6) is 0 Å². The maximum absolute atomic E-state index is 12.4. The van der Waals surface area contributed by atoms with Gasteiger partial charge in [0, 0.05) is 11.3 Å². The first-order valence-electron chi connectivity index (χ1n) is 10.2. The zero-order valence-electron chi connectivity index (χ0n) is 17.7. The summed E-state index contributed by atoms with van der Waals surface area (Å²) in [5.41, 5.74) is 15.3. The summed E-state index contributed by atoms with van der Waals surface area (Å²) in [5, 5.41) is 23.5. The Hall–Kier alpha value is -3.31. The van der Waals surface area contributed by atoms with E-state index in [2.05, 4.69) is 10.6 Å². The molecule has 0 saturated carbocycles. The van der Waals surface area contributed by atoms with Crippen LogP contribution in [0.4, 0.5) is 5.69 Å². The van der Waals surface area contributed by atoms with Gasteiger partial charge in [0.2, 0.25) is 5.91 Å². The summed E-state index contributed by atoms with van der Waals surface area (Å²) in [7, 11) is 0. The fourth-order valence-electron chi connectivity index (χ4n) is 2.96. The van der Waals surface area contributed by atoms with E-state index in [9.17, 15) is 19.5 Å². The molecule has 0 spiro atoms. The highest BCUT2D eigenvalue weighted by Gasteiger charge is 2.25.